The summed E-state index contributed by atoms with van der Waals surface area (Å²) in [7, 11) is 4.56. The van der Waals surface area contributed by atoms with Crippen LogP contribution in [0.1, 0.15) is 27.2 Å². The Hall–Kier alpha value is -4.65. The van der Waals surface area contributed by atoms with Crippen molar-refractivity contribution in [3.63, 3.8) is 0 Å². The van der Waals surface area contributed by atoms with Crippen LogP contribution in [0.3, 0.4) is 0 Å². The molecule has 0 fully saturated rings. The first-order valence-corrected chi connectivity index (χ1v) is 9.67. The van der Waals surface area contributed by atoms with Crippen molar-refractivity contribution in [1.29, 1.82) is 5.26 Å². The van der Waals surface area contributed by atoms with Crippen molar-refractivity contribution < 1.29 is 19.0 Å². The van der Waals surface area contributed by atoms with E-state index in [1.807, 2.05) is 6.07 Å². The molecule has 0 aliphatic carbocycles. The molecule has 3 rings (SSSR count). The van der Waals surface area contributed by atoms with E-state index in [0.29, 0.717) is 28.5 Å². The van der Waals surface area contributed by atoms with Gasteiger partial charge < -0.3 is 14.2 Å². The van der Waals surface area contributed by atoms with Gasteiger partial charge in [0.15, 0.2) is 5.69 Å². The topological polar surface area (TPSA) is 128 Å². The molecule has 0 unspecified atom stereocenters. The number of methoxy groups -OCH3 is 3. The minimum absolute atomic E-state index is 0.110. The molecule has 33 heavy (non-hydrogen) atoms. The number of carbonyl (C=O) groups is 1. The largest absolute Gasteiger partial charge is 0.497 e. The van der Waals surface area contributed by atoms with Crippen LogP contribution in [0, 0.1) is 18.3 Å². The molecule has 1 amide bonds. The number of hydrazone groups is 1. The van der Waals surface area contributed by atoms with Crippen molar-refractivity contribution in [2.24, 2.45) is 5.10 Å². The third kappa shape index (κ3) is 4.83. The quantitative estimate of drug-likeness (QED) is 0.434. The van der Waals surface area contributed by atoms with Crippen LogP contribution in [-0.2, 0) is 0 Å². The number of carbonyl (C=O) groups excluding carboxylic acids is 1. The highest BCUT2D eigenvalue weighted by molar-refractivity contribution is 5.95. The van der Waals surface area contributed by atoms with Gasteiger partial charge in [-0.3, -0.25) is 9.59 Å². The fourth-order valence-corrected chi connectivity index (χ4v) is 2.99. The molecule has 0 saturated carbocycles. The summed E-state index contributed by atoms with van der Waals surface area (Å²) in [5, 5.41) is 17.6. The Morgan fingerprint density at radius 3 is 2.36 bits per heavy atom. The van der Waals surface area contributed by atoms with Gasteiger partial charge in [0.1, 0.15) is 28.9 Å². The van der Waals surface area contributed by atoms with Gasteiger partial charge in [0, 0.05) is 17.2 Å². The molecular formula is C23H21N5O5. The molecule has 0 bridgehead atoms. The van der Waals surface area contributed by atoms with Crippen LogP contribution in [0.5, 0.6) is 17.2 Å². The van der Waals surface area contributed by atoms with Crippen molar-refractivity contribution in [2.75, 3.05) is 21.3 Å². The number of ether oxygens (including phenoxy) is 3. The van der Waals surface area contributed by atoms with Gasteiger partial charge in [-0.25, -0.2) is 5.43 Å². The van der Waals surface area contributed by atoms with E-state index in [1.54, 1.807) is 49.6 Å². The average Bonchev–Trinajstić information content (AvgIpc) is 2.84. The van der Waals surface area contributed by atoms with Gasteiger partial charge in [-0.1, -0.05) is 0 Å². The highest BCUT2D eigenvalue weighted by Crippen LogP contribution is 2.23. The summed E-state index contributed by atoms with van der Waals surface area (Å²) >= 11 is 0. The Kier molecular flexibility index (Phi) is 7.05. The van der Waals surface area contributed by atoms with Crippen LogP contribution in [0.15, 0.2) is 52.4 Å². The van der Waals surface area contributed by atoms with Crippen molar-refractivity contribution >= 4 is 12.1 Å². The number of benzene rings is 2. The molecule has 0 radical (unpaired) electrons. The molecule has 168 valence electrons. The second kappa shape index (κ2) is 10.1. The predicted molar refractivity (Wildman–Crippen MR) is 120 cm³/mol. The van der Waals surface area contributed by atoms with E-state index >= 15 is 0 Å². The highest BCUT2D eigenvalue weighted by Gasteiger charge is 2.20. The van der Waals surface area contributed by atoms with Crippen LogP contribution in [0.2, 0.25) is 0 Å². The zero-order valence-electron chi connectivity index (χ0n) is 18.4. The molecule has 0 saturated heterocycles. The van der Waals surface area contributed by atoms with E-state index in [1.165, 1.54) is 27.4 Å². The molecular weight excluding hydrogens is 426 g/mol. The summed E-state index contributed by atoms with van der Waals surface area (Å²) in [6.07, 6.45) is 1.40. The second-order valence-electron chi connectivity index (χ2n) is 6.68. The number of hydrogen-bond donors (Lipinski definition) is 1. The molecule has 1 aromatic heterocycles. The normalized spacial score (nSPS) is 10.5. The Balaban J connectivity index is 1.94. The van der Waals surface area contributed by atoms with E-state index < -0.39 is 11.5 Å². The van der Waals surface area contributed by atoms with Crippen LogP contribution >= 0.6 is 0 Å². The second-order valence-corrected chi connectivity index (χ2v) is 6.68. The van der Waals surface area contributed by atoms with Gasteiger partial charge in [0.05, 0.1) is 33.2 Å². The lowest BCUT2D eigenvalue weighted by Crippen LogP contribution is -2.31. The molecule has 0 aliphatic heterocycles. The number of rotatable bonds is 7. The fraction of sp³-hybridized carbons (Fsp3) is 0.174. The Morgan fingerprint density at radius 1 is 1.09 bits per heavy atom. The maximum Gasteiger partial charge on any atom is 0.292 e. The van der Waals surface area contributed by atoms with Crippen LogP contribution < -0.4 is 25.2 Å². The molecule has 0 atom stereocenters. The SMILES string of the molecule is COc1ccc(-n2nc(C(=O)NN=Cc3ccc(OC)cc3OC)c(C)c(C#N)c2=O)cc1. The van der Waals surface area contributed by atoms with Gasteiger partial charge in [-0.2, -0.15) is 20.1 Å². The Bertz CT molecular complexity index is 1310. The minimum atomic E-state index is -0.685. The summed E-state index contributed by atoms with van der Waals surface area (Å²) < 4.78 is 16.6. The Labute approximate surface area is 189 Å². The standard InChI is InChI=1S/C23H21N5O5/c1-14-19(12-24)23(30)28(16-6-9-17(31-2)10-7-16)27-21(14)22(29)26-25-13-15-5-8-18(32-3)11-20(15)33-4/h5-11,13H,1-4H3,(H,26,29). The van der Waals surface area contributed by atoms with Crippen LogP contribution in [-0.4, -0.2) is 43.2 Å². The van der Waals surface area contributed by atoms with Gasteiger partial charge in [0.25, 0.3) is 11.5 Å². The first kappa shape index (κ1) is 23.0. The van der Waals surface area contributed by atoms with Gasteiger partial charge in [-0.05, 0) is 43.3 Å². The molecule has 3 aromatic rings. The van der Waals surface area contributed by atoms with Gasteiger partial charge in [-0.15, -0.1) is 0 Å². The van der Waals surface area contributed by atoms with Crippen LogP contribution in [0.25, 0.3) is 5.69 Å². The predicted octanol–water partition coefficient (Wildman–Crippen LogP) is 2.20. The summed E-state index contributed by atoms with van der Waals surface area (Å²) in [5.41, 5.74) is 2.57. The first-order chi connectivity index (χ1) is 15.9. The summed E-state index contributed by atoms with van der Waals surface area (Å²) in [6.45, 7) is 1.48. The van der Waals surface area contributed by atoms with Gasteiger partial charge in [0.2, 0.25) is 0 Å². The summed E-state index contributed by atoms with van der Waals surface area (Å²) in [4.78, 5) is 25.5. The van der Waals surface area contributed by atoms with Crippen molar-refractivity contribution in [3.8, 4) is 29.0 Å². The van der Waals surface area contributed by atoms with E-state index in [9.17, 15) is 14.9 Å². The monoisotopic (exact) mass is 447 g/mol. The third-order valence-electron chi connectivity index (χ3n) is 4.79. The van der Waals surface area contributed by atoms with E-state index in [2.05, 4.69) is 15.6 Å². The number of nitrogens with one attached hydrogen (secondary N) is 1. The zero-order chi connectivity index (χ0) is 24.0. The number of nitriles is 1. The van der Waals surface area contributed by atoms with Crippen molar-refractivity contribution in [1.82, 2.24) is 15.2 Å². The maximum atomic E-state index is 12.8. The molecule has 1 heterocycles. The number of nitrogens with zero attached hydrogens (tertiary/aromatic N) is 4. The van der Waals surface area contributed by atoms with Crippen molar-refractivity contribution in [3.05, 3.63) is 75.2 Å². The number of aromatic nitrogens is 2. The molecule has 1 N–H and O–H groups in total. The maximum absolute atomic E-state index is 12.8. The summed E-state index contributed by atoms with van der Waals surface area (Å²) in [5.74, 6) is 1.01. The van der Waals surface area contributed by atoms with E-state index in [0.717, 1.165) is 4.68 Å². The Morgan fingerprint density at radius 2 is 1.76 bits per heavy atom. The van der Waals surface area contributed by atoms with Gasteiger partial charge >= 0.3 is 0 Å². The first-order valence-electron chi connectivity index (χ1n) is 9.67. The number of amides is 1. The fourth-order valence-electron chi connectivity index (χ4n) is 2.99. The average molecular weight is 447 g/mol. The van der Waals surface area contributed by atoms with E-state index in [4.69, 9.17) is 14.2 Å². The smallest absolute Gasteiger partial charge is 0.292 e. The highest BCUT2D eigenvalue weighted by atomic mass is 16.5. The molecule has 10 nitrogen and oxygen atoms in total. The van der Waals surface area contributed by atoms with Crippen LogP contribution in [0.4, 0.5) is 0 Å². The lowest BCUT2D eigenvalue weighted by molar-refractivity contribution is 0.0947. The lowest BCUT2D eigenvalue weighted by atomic mass is 10.1. The lowest BCUT2D eigenvalue weighted by Gasteiger charge is -2.11. The molecule has 0 spiro atoms. The molecule has 10 heteroatoms. The number of hydrogen-bond acceptors (Lipinski definition) is 8. The summed E-state index contributed by atoms with van der Waals surface area (Å²) in [6, 6.07) is 13.4. The zero-order valence-corrected chi connectivity index (χ0v) is 18.4. The van der Waals surface area contributed by atoms with Crippen molar-refractivity contribution in [2.45, 2.75) is 6.92 Å². The molecule has 0 aliphatic rings. The third-order valence-corrected chi connectivity index (χ3v) is 4.79. The molecule has 2 aromatic carbocycles. The van der Waals surface area contributed by atoms with E-state index in [-0.39, 0.29) is 16.8 Å². The minimum Gasteiger partial charge on any atom is -0.497 e.